The molecule has 1 N–H and O–H groups in total. The van der Waals surface area contributed by atoms with Crippen LogP contribution < -0.4 is 10.1 Å². The first-order valence-electron chi connectivity index (χ1n) is 9.39. The molecule has 4 rings (SSSR count). The summed E-state index contributed by atoms with van der Waals surface area (Å²) in [6.45, 7) is 2.58. The van der Waals surface area contributed by atoms with Crippen molar-refractivity contribution in [3.05, 3.63) is 99.4 Å². The van der Waals surface area contributed by atoms with Gasteiger partial charge in [0, 0.05) is 0 Å². The molecule has 0 spiro atoms. The maximum atomic E-state index is 12.3. The number of amides is 1. The number of carbonyl (C=O) groups is 1. The lowest BCUT2D eigenvalue weighted by Gasteiger charge is -2.07. The van der Waals surface area contributed by atoms with Gasteiger partial charge < -0.3 is 10.1 Å². The van der Waals surface area contributed by atoms with Crippen molar-refractivity contribution in [2.45, 2.75) is 13.5 Å². The van der Waals surface area contributed by atoms with Crippen LogP contribution in [0.2, 0.25) is 5.02 Å². The number of halogens is 1. The van der Waals surface area contributed by atoms with Crippen molar-refractivity contribution < 1.29 is 9.53 Å². The predicted octanol–water partition coefficient (Wildman–Crippen LogP) is 6.12. The van der Waals surface area contributed by atoms with E-state index in [9.17, 15) is 4.79 Å². The van der Waals surface area contributed by atoms with E-state index in [4.69, 9.17) is 16.3 Å². The van der Waals surface area contributed by atoms with Crippen molar-refractivity contribution in [3.8, 4) is 5.75 Å². The Labute approximate surface area is 184 Å². The van der Waals surface area contributed by atoms with Gasteiger partial charge in [0.25, 0.3) is 5.91 Å². The fourth-order valence-corrected chi connectivity index (χ4v) is 3.81. The van der Waals surface area contributed by atoms with Crippen LogP contribution in [-0.4, -0.2) is 11.1 Å². The number of amidine groups is 1. The van der Waals surface area contributed by atoms with Crippen LogP contribution in [0.25, 0.3) is 6.08 Å². The van der Waals surface area contributed by atoms with E-state index in [1.54, 1.807) is 12.1 Å². The number of ether oxygens (including phenoxy) is 1. The van der Waals surface area contributed by atoms with Gasteiger partial charge in [0.15, 0.2) is 5.17 Å². The summed E-state index contributed by atoms with van der Waals surface area (Å²) in [5, 5.41) is 3.83. The van der Waals surface area contributed by atoms with E-state index in [-0.39, 0.29) is 5.91 Å². The molecule has 0 aromatic heterocycles. The molecule has 0 atom stereocenters. The molecule has 1 amide bonds. The Balaban J connectivity index is 1.41. The van der Waals surface area contributed by atoms with Gasteiger partial charge in [0.1, 0.15) is 12.4 Å². The Kier molecular flexibility index (Phi) is 6.21. The summed E-state index contributed by atoms with van der Waals surface area (Å²) in [4.78, 5) is 17.3. The third-order valence-electron chi connectivity index (χ3n) is 4.43. The van der Waals surface area contributed by atoms with Gasteiger partial charge in [-0.25, -0.2) is 4.99 Å². The fraction of sp³-hybridized carbons (Fsp3) is 0.0833. The molecule has 0 bridgehead atoms. The van der Waals surface area contributed by atoms with E-state index in [2.05, 4.69) is 41.5 Å². The van der Waals surface area contributed by atoms with E-state index >= 15 is 0 Å². The number of carbonyl (C=O) groups excluding carboxylic acids is 1. The minimum Gasteiger partial charge on any atom is -0.489 e. The standard InChI is InChI=1S/C24H19ClN2O2S/c1-16-6-8-18(9-7-16)15-29-19-12-10-17(11-13-19)14-22-23(28)27-24(30-22)26-21-5-3-2-4-20(21)25/h2-14H,15H2,1H3,(H,26,27,28). The summed E-state index contributed by atoms with van der Waals surface area (Å²) < 4.78 is 5.84. The normalized spacial score (nSPS) is 16.1. The summed E-state index contributed by atoms with van der Waals surface area (Å²) in [5.74, 6) is 0.604. The average molecular weight is 435 g/mol. The van der Waals surface area contributed by atoms with Gasteiger partial charge >= 0.3 is 0 Å². The second kappa shape index (κ2) is 9.20. The Morgan fingerprint density at radius 1 is 1.03 bits per heavy atom. The van der Waals surface area contributed by atoms with E-state index in [1.165, 1.54) is 17.3 Å². The first-order valence-corrected chi connectivity index (χ1v) is 10.6. The zero-order chi connectivity index (χ0) is 20.9. The molecule has 4 nitrogen and oxygen atoms in total. The van der Waals surface area contributed by atoms with Gasteiger partial charge in [-0.1, -0.05) is 65.7 Å². The van der Waals surface area contributed by atoms with Gasteiger partial charge in [0.2, 0.25) is 0 Å². The Hall–Kier alpha value is -3.02. The molecule has 1 aliphatic rings. The molecule has 3 aromatic rings. The molecule has 0 saturated carbocycles. The first-order chi connectivity index (χ1) is 14.6. The molecule has 0 radical (unpaired) electrons. The number of benzene rings is 3. The fourth-order valence-electron chi connectivity index (χ4n) is 2.79. The van der Waals surface area contributed by atoms with Crippen molar-refractivity contribution in [2.75, 3.05) is 0 Å². The zero-order valence-corrected chi connectivity index (χ0v) is 17.8. The molecule has 6 heteroatoms. The van der Waals surface area contributed by atoms with Crippen molar-refractivity contribution in [1.29, 1.82) is 0 Å². The molecule has 1 saturated heterocycles. The molecular formula is C24H19ClN2O2S. The molecule has 0 aliphatic carbocycles. The highest BCUT2D eigenvalue weighted by atomic mass is 35.5. The quantitative estimate of drug-likeness (QED) is 0.492. The van der Waals surface area contributed by atoms with Gasteiger partial charge in [0.05, 0.1) is 15.6 Å². The van der Waals surface area contributed by atoms with Crippen LogP contribution in [0.4, 0.5) is 5.69 Å². The summed E-state index contributed by atoms with van der Waals surface area (Å²) in [5.41, 5.74) is 3.88. The summed E-state index contributed by atoms with van der Waals surface area (Å²) in [6, 6.07) is 23.2. The average Bonchev–Trinajstić information content (AvgIpc) is 3.09. The van der Waals surface area contributed by atoms with Crippen LogP contribution in [0.3, 0.4) is 0 Å². The molecule has 1 fully saturated rings. The van der Waals surface area contributed by atoms with E-state index in [1.807, 2.05) is 42.5 Å². The molecular weight excluding hydrogens is 416 g/mol. The van der Waals surface area contributed by atoms with Crippen LogP contribution in [0.5, 0.6) is 5.75 Å². The number of para-hydroxylation sites is 1. The minimum absolute atomic E-state index is 0.175. The maximum Gasteiger partial charge on any atom is 0.264 e. The number of hydrogen-bond donors (Lipinski definition) is 1. The third kappa shape index (κ3) is 5.12. The molecule has 1 aliphatic heterocycles. The van der Waals surface area contributed by atoms with Crippen LogP contribution >= 0.6 is 23.4 Å². The topological polar surface area (TPSA) is 50.7 Å². The summed E-state index contributed by atoms with van der Waals surface area (Å²) in [7, 11) is 0. The SMILES string of the molecule is Cc1ccc(COc2ccc(C=C3SC(=Nc4ccccc4Cl)NC3=O)cc2)cc1. The highest BCUT2D eigenvalue weighted by Gasteiger charge is 2.24. The second-order valence-electron chi connectivity index (χ2n) is 6.78. The number of nitrogens with one attached hydrogen (secondary N) is 1. The van der Waals surface area contributed by atoms with Crippen LogP contribution in [-0.2, 0) is 11.4 Å². The van der Waals surface area contributed by atoms with E-state index < -0.39 is 0 Å². The number of hydrogen-bond acceptors (Lipinski definition) is 4. The third-order valence-corrected chi connectivity index (χ3v) is 5.66. The number of nitrogens with zero attached hydrogens (tertiary/aromatic N) is 1. The molecule has 0 unspecified atom stereocenters. The van der Waals surface area contributed by atoms with Crippen LogP contribution in [0, 0.1) is 6.92 Å². The monoisotopic (exact) mass is 434 g/mol. The van der Waals surface area contributed by atoms with Crippen molar-refractivity contribution in [1.82, 2.24) is 5.32 Å². The highest BCUT2D eigenvalue weighted by Crippen LogP contribution is 2.31. The van der Waals surface area contributed by atoms with Crippen molar-refractivity contribution in [2.24, 2.45) is 4.99 Å². The first kappa shape index (κ1) is 20.3. The molecule has 1 heterocycles. The maximum absolute atomic E-state index is 12.3. The number of thioether (sulfide) groups is 1. The zero-order valence-electron chi connectivity index (χ0n) is 16.3. The van der Waals surface area contributed by atoms with Crippen molar-refractivity contribution >= 4 is 46.2 Å². The van der Waals surface area contributed by atoms with Gasteiger partial charge in [-0.3, -0.25) is 4.79 Å². The van der Waals surface area contributed by atoms with Gasteiger partial charge in [-0.05, 0) is 60.2 Å². The Morgan fingerprint density at radius 3 is 2.50 bits per heavy atom. The smallest absolute Gasteiger partial charge is 0.264 e. The molecule has 30 heavy (non-hydrogen) atoms. The van der Waals surface area contributed by atoms with Crippen LogP contribution in [0.15, 0.2) is 82.7 Å². The van der Waals surface area contributed by atoms with E-state index in [0.717, 1.165) is 16.9 Å². The number of rotatable bonds is 5. The summed E-state index contributed by atoms with van der Waals surface area (Å²) in [6.07, 6.45) is 1.83. The van der Waals surface area contributed by atoms with Crippen molar-refractivity contribution in [3.63, 3.8) is 0 Å². The predicted molar refractivity (Wildman–Crippen MR) is 124 cm³/mol. The van der Waals surface area contributed by atoms with Gasteiger partial charge in [-0.2, -0.15) is 0 Å². The Morgan fingerprint density at radius 2 is 1.77 bits per heavy atom. The minimum atomic E-state index is -0.175. The number of aliphatic imine (C=N–C) groups is 1. The molecule has 3 aromatic carbocycles. The largest absolute Gasteiger partial charge is 0.489 e. The lowest BCUT2D eigenvalue weighted by molar-refractivity contribution is -0.115. The number of aryl methyl sites for hydroxylation is 1. The highest BCUT2D eigenvalue weighted by molar-refractivity contribution is 8.18. The summed E-state index contributed by atoms with van der Waals surface area (Å²) >= 11 is 7.43. The second-order valence-corrected chi connectivity index (χ2v) is 8.21. The van der Waals surface area contributed by atoms with Gasteiger partial charge in [-0.15, -0.1) is 0 Å². The Bertz CT molecular complexity index is 1120. The lowest BCUT2D eigenvalue weighted by atomic mass is 10.1. The lowest BCUT2D eigenvalue weighted by Crippen LogP contribution is -2.19. The van der Waals surface area contributed by atoms with Crippen LogP contribution in [0.1, 0.15) is 16.7 Å². The molecule has 150 valence electrons. The van der Waals surface area contributed by atoms with E-state index in [0.29, 0.717) is 27.4 Å².